The molecule has 0 unspecified atom stereocenters. The molecule has 1 N–H and O–H groups in total. The average molecular weight is 382 g/mol. The number of nitrogens with zero attached hydrogens (tertiary/aromatic N) is 1. The number of thiophene rings is 1. The third-order valence-corrected chi connectivity index (χ3v) is 6.13. The molecule has 5 nitrogen and oxygen atoms in total. The number of aromatic amines is 1. The highest BCUT2D eigenvalue weighted by molar-refractivity contribution is 7.18. The number of methoxy groups -OCH3 is 2. The van der Waals surface area contributed by atoms with Gasteiger partial charge in [-0.2, -0.15) is 0 Å². The van der Waals surface area contributed by atoms with Gasteiger partial charge in [-0.25, -0.2) is 4.98 Å². The maximum absolute atomic E-state index is 12.7. The van der Waals surface area contributed by atoms with Crippen molar-refractivity contribution in [2.75, 3.05) is 14.2 Å². The third-order valence-electron chi connectivity index (χ3n) is 4.95. The molecule has 1 aliphatic carbocycles. The minimum absolute atomic E-state index is 0.0448. The zero-order valence-corrected chi connectivity index (χ0v) is 16.3. The predicted molar refractivity (Wildman–Crippen MR) is 110 cm³/mol. The minimum Gasteiger partial charge on any atom is -0.493 e. The molecule has 0 aliphatic heterocycles. The first-order valence-electron chi connectivity index (χ1n) is 9.15. The fourth-order valence-electron chi connectivity index (χ4n) is 3.65. The summed E-state index contributed by atoms with van der Waals surface area (Å²) in [6.07, 6.45) is 9.30. The van der Waals surface area contributed by atoms with Crippen molar-refractivity contribution in [3.05, 3.63) is 50.4 Å². The first kappa shape index (κ1) is 17.8. The number of benzene rings is 1. The zero-order chi connectivity index (χ0) is 18.8. The Bertz CT molecular complexity index is 1070. The van der Waals surface area contributed by atoms with E-state index in [4.69, 9.17) is 9.47 Å². The van der Waals surface area contributed by atoms with Crippen molar-refractivity contribution < 1.29 is 9.47 Å². The van der Waals surface area contributed by atoms with Gasteiger partial charge >= 0.3 is 0 Å². The van der Waals surface area contributed by atoms with E-state index in [0.717, 1.165) is 35.0 Å². The van der Waals surface area contributed by atoms with Crippen LogP contribution in [-0.4, -0.2) is 24.2 Å². The molecule has 3 aromatic rings. The Morgan fingerprint density at radius 1 is 1.11 bits per heavy atom. The fourth-order valence-corrected chi connectivity index (χ4v) is 4.92. The molecule has 0 atom stereocenters. The van der Waals surface area contributed by atoms with E-state index in [0.29, 0.717) is 17.3 Å². The second-order valence-corrected chi connectivity index (χ2v) is 7.70. The van der Waals surface area contributed by atoms with Crippen molar-refractivity contribution in [1.82, 2.24) is 9.97 Å². The number of hydrogen-bond acceptors (Lipinski definition) is 5. The van der Waals surface area contributed by atoms with Gasteiger partial charge in [-0.3, -0.25) is 4.79 Å². The van der Waals surface area contributed by atoms with E-state index in [1.54, 1.807) is 25.6 Å². The molecule has 27 heavy (non-hydrogen) atoms. The predicted octanol–water partition coefficient (Wildman–Crippen LogP) is 4.44. The van der Waals surface area contributed by atoms with Gasteiger partial charge in [0.1, 0.15) is 10.7 Å². The number of fused-ring (bicyclic) bond motifs is 3. The lowest BCUT2D eigenvalue weighted by Crippen LogP contribution is -2.10. The first-order valence-corrected chi connectivity index (χ1v) is 9.96. The number of nitrogens with one attached hydrogen (secondary N) is 1. The average Bonchev–Trinajstić information content (AvgIpc) is 2.87. The SMILES string of the molecule is COc1cccc(/C=C/c2nc3sc4c(c3c(=O)[nH]2)CCCCC4)c1OC. The molecule has 0 saturated carbocycles. The number of H-pyrrole nitrogens is 1. The Labute approximate surface area is 161 Å². The number of rotatable bonds is 4. The summed E-state index contributed by atoms with van der Waals surface area (Å²) in [4.78, 5) is 22.5. The van der Waals surface area contributed by atoms with Crippen LogP contribution >= 0.6 is 11.3 Å². The normalized spacial score (nSPS) is 14.3. The third kappa shape index (κ3) is 3.37. The number of hydrogen-bond donors (Lipinski definition) is 1. The molecule has 0 saturated heterocycles. The first-order chi connectivity index (χ1) is 13.2. The molecule has 0 spiro atoms. The van der Waals surface area contributed by atoms with Crippen LogP contribution in [0.15, 0.2) is 23.0 Å². The van der Waals surface area contributed by atoms with Gasteiger partial charge < -0.3 is 14.5 Å². The highest BCUT2D eigenvalue weighted by Gasteiger charge is 2.18. The smallest absolute Gasteiger partial charge is 0.260 e. The maximum Gasteiger partial charge on any atom is 0.260 e. The van der Waals surface area contributed by atoms with Crippen LogP contribution in [0.5, 0.6) is 11.5 Å². The molecule has 1 aliphatic rings. The fraction of sp³-hybridized carbons (Fsp3) is 0.333. The molecule has 6 heteroatoms. The van der Waals surface area contributed by atoms with Crippen molar-refractivity contribution in [1.29, 1.82) is 0 Å². The molecule has 2 heterocycles. The Hall–Kier alpha value is -2.60. The zero-order valence-electron chi connectivity index (χ0n) is 15.5. The molecule has 0 amide bonds. The number of para-hydroxylation sites is 1. The van der Waals surface area contributed by atoms with Crippen LogP contribution in [0.1, 0.15) is 41.1 Å². The molecule has 2 aromatic heterocycles. The quantitative estimate of drug-likeness (QED) is 0.678. The van der Waals surface area contributed by atoms with Crippen LogP contribution in [0.3, 0.4) is 0 Å². The lowest BCUT2D eigenvalue weighted by Gasteiger charge is -2.09. The maximum atomic E-state index is 12.7. The lowest BCUT2D eigenvalue weighted by atomic mass is 10.1. The summed E-state index contributed by atoms with van der Waals surface area (Å²) in [5.74, 6) is 1.87. The van der Waals surface area contributed by atoms with Gasteiger partial charge in [-0.1, -0.05) is 18.6 Å². The topological polar surface area (TPSA) is 64.2 Å². The molecular weight excluding hydrogens is 360 g/mol. The summed E-state index contributed by atoms with van der Waals surface area (Å²) in [5, 5.41) is 0.785. The molecular formula is C21H22N2O3S. The molecule has 1 aromatic carbocycles. The van der Waals surface area contributed by atoms with Gasteiger partial charge in [0.05, 0.1) is 19.6 Å². The Morgan fingerprint density at radius 3 is 2.78 bits per heavy atom. The van der Waals surface area contributed by atoms with Gasteiger partial charge in [0.15, 0.2) is 11.5 Å². The standard InChI is InChI=1S/C21H22N2O3S/c1-25-15-9-6-7-13(19(15)26-2)11-12-17-22-20(24)18-14-8-4-3-5-10-16(14)27-21(18)23-17/h6-7,9,11-12H,3-5,8,10H2,1-2H3,(H,22,23,24)/b12-11+. The largest absolute Gasteiger partial charge is 0.493 e. The summed E-state index contributed by atoms with van der Waals surface area (Å²) >= 11 is 1.67. The van der Waals surface area contributed by atoms with Crippen LogP contribution in [0, 0.1) is 0 Å². The second kappa shape index (κ2) is 7.56. The van der Waals surface area contributed by atoms with Crippen LogP contribution in [0.4, 0.5) is 0 Å². The Balaban J connectivity index is 1.73. The summed E-state index contributed by atoms with van der Waals surface area (Å²) in [7, 11) is 3.22. The second-order valence-electron chi connectivity index (χ2n) is 6.61. The van der Waals surface area contributed by atoms with E-state index in [1.807, 2.05) is 30.4 Å². The highest BCUT2D eigenvalue weighted by atomic mass is 32.1. The van der Waals surface area contributed by atoms with Gasteiger partial charge in [-0.05, 0) is 49.5 Å². The van der Waals surface area contributed by atoms with Crippen LogP contribution < -0.4 is 15.0 Å². The van der Waals surface area contributed by atoms with E-state index in [1.165, 1.54) is 23.3 Å². The van der Waals surface area contributed by atoms with Crippen molar-refractivity contribution in [2.24, 2.45) is 0 Å². The van der Waals surface area contributed by atoms with E-state index < -0.39 is 0 Å². The van der Waals surface area contributed by atoms with Crippen LogP contribution in [0.2, 0.25) is 0 Å². The number of ether oxygens (including phenoxy) is 2. The van der Waals surface area contributed by atoms with E-state index in [9.17, 15) is 4.79 Å². The van der Waals surface area contributed by atoms with Crippen molar-refractivity contribution in [2.45, 2.75) is 32.1 Å². The van der Waals surface area contributed by atoms with E-state index >= 15 is 0 Å². The minimum atomic E-state index is -0.0448. The molecule has 0 fully saturated rings. The van der Waals surface area contributed by atoms with E-state index in [-0.39, 0.29) is 5.56 Å². The van der Waals surface area contributed by atoms with E-state index in [2.05, 4.69) is 9.97 Å². The van der Waals surface area contributed by atoms with Gasteiger partial charge in [-0.15, -0.1) is 11.3 Å². The Kier molecular flexibility index (Phi) is 4.99. The monoisotopic (exact) mass is 382 g/mol. The lowest BCUT2D eigenvalue weighted by molar-refractivity contribution is 0.354. The van der Waals surface area contributed by atoms with Gasteiger partial charge in [0.25, 0.3) is 5.56 Å². The highest BCUT2D eigenvalue weighted by Crippen LogP contribution is 2.34. The summed E-state index contributed by atoms with van der Waals surface area (Å²) in [5.41, 5.74) is 2.03. The molecule has 0 radical (unpaired) electrons. The van der Waals surface area contributed by atoms with Gasteiger partial charge in [0.2, 0.25) is 0 Å². The van der Waals surface area contributed by atoms with Gasteiger partial charge in [0, 0.05) is 10.4 Å². The molecule has 4 rings (SSSR count). The van der Waals surface area contributed by atoms with Crippen LogP contribution in [-0.2, 0) is 12.8 Å². The van der Waals surface area contributed by atoms with Crippen molar-refractivity contribution >= 4 is 33.7 Å². The molecule has 0 bridgehead atoms. The van der Waals surface area contributed by atoms with Crippen LogP contribution in [0.25, 0.3) is 22.4 Å². The summed E-state index contributed by atoms with van der Waals surface area (Å²) < 4.78 is 10.8. The Morgan fingerprint density at radius 2 is 1.96 bits per heavy atom. The number of aromatic nitrogens is 2. The molecule has 140 valence electrons. The summed E-state index contributed by atoms with van der Waals surface area (Å²) in [6.45, 7) is 0. The summed E-state index contributed by atoms with van der Waals surface area (Å²) in [6, 6.07) is 5.68. The van der Waals surface area contributed by atoms with Crippen molar-refractivity contribution in [3.63, 3.8) is 0 Å². The van der Waals surface area contributed by atoms with Crippen molar-refractivity contribution in [3.8, 4) is 11.5 Å². The number of aryl methyl sites for hydroxylation is 2.